The number of nitrogens with zero attached hydrogens (tertiary/aromatic N) is 1. The quantitative estimate of drug-likeness (QED) is 0.306. The predicted octanol–water partition coefficient (Wildman–Crippen LogP) is 6.67. The zero-order valence-electron chi connectivity index (χ0n) is 15.8. The molecular formula is C24H21NO2S. The van der Waals surface area contributed by atoms with Crippen molar-refractivity contribution >= 4 is 38.7 Å². The number of allylic oxidation sites excluding steroid dienone is 4. The number of methoxy groups -OCH3 is 1. The highest BCUT2D eigenvalue weighted by Gasteiger charge is 2.21. The van der Waals surface area contributed by atoms with Crippen LogP contribution in [0.3, 0.4) is 0 Å². The fourth-order valence-electron chi connectivity index (χ4n) is 3.65. The fraction of sp³-hybridized carbons (Fsp3) is 0.0833. The molecule has 0 aliphatic rings. The van der Waals surface area contributed by atoms with E-state index < -0.39 is 0 Å². The first kappa shape index (κ1) is 18.1. The molecule has 2 aromatic carbocycles. The Hall–Kier alpha value is -3.24. The van der Waals surface area contributed by atoms with Crippen LogP contribution < -0.4 is 0 Å². The van der Waals surface area contributed by atoms with Crippen LogP contribution in [0, 0.1) is 0 Å². The summed E-state index contributed by atoms with van der Waals surface area (Å²) in [7, 11) is 1.63. The van der Waals surface area contributed by atoms with Gasteiger partial charge in [0.15, 0.2) is 5.75 Å². The molecular weight excluding hydrogens is 366 g/mol. The van der Waals surface area contributed by atoms with Crippen LogP contribution in [-0.2, 0) is 4.74 Å². The van der Waals surface area contributed by atoms with Crippen molar-refractivity contribution in [1.29, 1.82) is 0 Å². The van der Waals surface area contributed by atoms with Gasteiger partial charge in [-0.15, -0.1) is 11.3 Å². The Morgan fingerprint density at radius 1 is 1.07 bits per heavy atom. The molecule has 0 radical (unpaired) electrons. The van der Waals surface area contributed by atoms with Crippen molar-refractivity contribution in [3.8, 4) is 11.4 Å². The molecule has 4 aromatic rings. The molecule has 0 aliphatic carbocycles. The van der Waals surface area contributed by atoms with E-state index in [2.05, 4.69) is 35.4 Å². The van der Waals surface area contributed by atoms with E-state index in [1.807, 2.05) is 48.7 Å². The first-order chi connectivity index (χ1) is 13.7. The summed E-state index contributed by atoms with van der Waals surface area (Å²) < 4.78 is 7.62. The van der Waals surface area contributed by atoms with Crippen LogP contribution in [0.4, 0.5) is 0 Å². The summed E-state index contributed by atoms with van der Waals surface area (Å²) in [4.78, 5) is 0.756. The van der Waals surface area contributed by atoms with Crippen LogP contribution in [0.1, 0.15) is 11.8 Å². The number of hydrogen-bond donors (Lipinski definition) is 1. The average Bonchev–Trinajstić information content (AvgIpc) is 3.26. The van der Waals surface area contributed by atoms with Gasteiger partial charge in [-0.25, -0.2) is 0 Å². The first-order valence-corrected chi connectivity index (χ1v) is 9.92. The number of ether oxygens (including phenoxy) is 1. The van der Waals surface area contributed by atoms with Gasteiger partial charge in [-0.2, -0.15) is 0 Å². The van der Waals surface area contributed by atoms with E-state index in [4.69, 9.17) is 4.74 Å². The molecule has 28 heavy (non-hydrogen) atoms. The van der Waals surface area contributed by atoms with E-state index in [0.29, 0.717) is 5.76 Å². The molecule has 0 saturated carbocycles. The second kappa shape index (κ2) is 7.41. The summed E-state index contributed by atoms with van der Waals surface area (Å²) in [6.07, 6.45) is 5.45. The third-order valence-electron chi connectivity index (χ3n) is 4.84. The maximum atomic E-state index is 11.2. The number of aromatic nitrogens is 1. The molecule has 0 atom stereocenters. The minimum Gasteiger partial charge on any atom is -0.504 e. The smallest absolute Gasteiger partial charge is 0.158 e. The van der Waals surface area contributed by atoms with E-state index in [1.165, 1.54) is 11.3 Å². The molecule has 0 saturated heterocycles. The Morgan fingerprint density at radius 3 is 2.21 bits per heavy atom. The lowest BCUT2D eigenvalue weighted by Crippen LogP contribution is -1.94. The second-order valence-electron chi connectivity index (χ2n) is 6.34. The van der Waals surface area contributed by atoms with Crippen LogP contribution in [0.15, 0.2) is 84.5 Å². The Morgan fingerprint density at radius 2 is 1.68 bits per heavy atom. The minimum absolute atomic E-state index is 0.237. The van der Waals surface area contributed by atoms with Crippen LogP contribution in [0.5, 0.6) is 5.75 Å². The number of para-hydroxylation sites is 2. The van der Waals surface area contributed by atoms with Crippen LogP contribution in [-0.4, -0.2) is 16.8 Å². The summed E-state index contributed by atoms with van der Waals surface area (Å²) in [6.45, 7) is 5.71. The second-order valence-corrected chi connectivity index (χ2v) is 7.22. The van der Waals surface area contributed by atoms with Gasteiger partial charge < -0.3 is 14.4 Å². The highest BCUT2D eigenvalue weighted by atomic mass is 32.1. The molecule has 4 rings (SSSR count). The lowest BCUT2D eigenvalue weighted by molar-refractivity contribution is 0.310. The van der Waals surface area contributed by atoms with Gasteiger partial charge in [-0.3, -0.25) is 0 Å². The Balaban J connectivity index is 2.00. The molecule has 3 nitrogen and oxygen atoms in total. The maximum absolute atomic E-state index is 11.2. The molecule has 4 heteroatoms. The van der Waals surface area contributed by atoms with Crippen molar-refractivity contribution in [1.82, 2.24) is 4.57 Å². The monoisotopic (exact) mass is 387 g/mol. The maximum Gasteiger partial charge on any atom is 0.158 e. The standard InChI is InChI=1S/C24H21NO2S/c1-4-10-18(22(5-2)27-3)24-23(26)21(15-28-24)25-19-13-8-6-11-16(19)17-12-7-9-14-20(17)25/h4-15,26H,1H2,2-3H3/b18-10+,22-5+. The van der Waals surface area contributed by atoms with Gasteiger partial charge >= 0.3 is 0 Å². The van der Waals surface area contributed by atoms with E-state index in [9.17, 15) is 5.11 Å². The van der Waals surface area contributed by atoms with Gasteiger partial charge in [0.25, 0.3) is 0 Å². The van der Waals surface area contributed by atoms with Gasteiger partial charge in [0.05, 0.1) is 28.7 Å². The number of aromatic hydroxyl groups is 1. The largest absolute Gasteiger partial charge is 0.504 e. The van der Waals surface area contributed by atoms with Crippen molar-refractivity contribution < 1.29 is 9.84 Å². The average molecular weight is 388 g/mol. The van der Waals surface area contributed by atoms with Crippen LogP contribution >= 0.6 is 11.3 Å². The van der Waals surface area contributed by atoms with Crippen molar-refractivity contribution in [2.24, 2.45) is 0 Å². The van der Waals surface area contributed by atoms with Crippen molar-refractivity contribution in [3.05, 3.63) is 89.4 Å². The van der Waals surface area contributed by atoms with E-state index in [1.54, 1.807) is 13.2 Å². The molecule has 2 heterocycles. The topological polar surface area (TPSA) is 34.4 Å². The third kappa shape index (κ3) is 2.74. The zero-order chi connectivity index (χ0) is 19.7. The SMILES string of the molecule is C=C/C=C(\C(=C/C)OC)c1scc(-n2c3ccccc3c3ccccc32)c1O. The Bertz CT molecular complexity index is 1190. The third-order valence-corrected chi connectivity index (χ3v) is 5.83. The Labute approximate surface area is 168 Å². The molecule has 140 valence electrons. The summed E-state index contributed by atoms with van der Waals surface area (Å²) in [5.41, 5.74) is 3.71. The van der Waals surface area contributed by atoms with Gasteiger partial charge in [0, 0.05) is 21.7 Å². The molecule has 0 amide bonds. The summed E-state index contributed by atoms with van der Waals surface area (Å²) >= 11 is 1.49. The van der Waals surface area contributed by atoms with Crippen LogP contribution in [0.25, 0.3) is 33.1 Å². The number of hydrogen-bond acceptors (Lipinski definition) is 3. The highest BCUT2D eigenvalue weighted by molar-refractivity contribution is 7.12. The van der Waals surface area contributed by atoms with Crippen molar-refractivity contribution in [3.63, 3.8) is 0 Å². The number of thiophene rings is 1. The normalized spacial score (nSPS) is 12.6. The van der Waals surface area contributed by atoms with Gasteiger partial charge in [0.1, 0.15) is 5.76 Å². The zero-order valence-corrected chi connectivity index (χ0v) is 16.7. The lowest BCUT2D eigenvalue weighted by atomic mass is 10.1. The van der Waals surface area contributed by atoms with Crippen LogP contribution in [0.2, 0.25) is 0 Å². The number of rotatable bonds is 5. The molecule has 0 spiro atoms. The van der Waals surface area contributed by atoms with Crippen molar-refractivity contribution in [2.75, 3.05) is 7.11 Å². The summed E-state index contributed by atoms with van der Waals surface area (Å²) in [6, 6.07) is 16.5. The minimum atomic E-state index is 0.237. The first-order valence-electron chi connectivity index (χ1n) is 9.04. The van der Waals surface area contributed by atoms with E-state index in [-0.39, 0.29) is 5.75 Å². The van der Waals surface area contributed by atoms with Gasteiger partial charge in [0.2, 0.25) is 0 Å². The molecule has 0 fully saturated rings. The molecule has 2 aromatic heterocycles. The van der Waals surface area contributed by atoms with Crippen molar-refractivity contribution in [2.45, 2.75) is 6.92 Å². The Kier molecular flexibility index (Phi) is 4.80. The van der Waals surface area contributed by atoms with Gasteiger partial charge in [-0.1, -0.05) is 55.1 Å². The summed E-state index contributed by atoms with van der Waals surface area (Å²) in [5, 5.41) is 15.5. The summed E-state index contributed by atoms with van der Waals surface area (Å²) in [5.74, 6) is 0.937. The van der Waals surface area contributed by atoms with Gasteiger partial charge in [-0.05, 0) is 25.1 Å². The van der Waals surface area contributed by atoms with E-state index >= 15 is 0 Å². The molecule has 0 aliphatic heterocycles. The highest BCUT2D eigenvalue weighted by Crippen LogP contribution is 2.43. The lowest BCUT2D eigenvalue weighted by Gasteiger charge is -2.10. The molecule has 0 bridgehead atoms. The fourth-order valence-corrected chi connectivity index (χ4v) is 4.60. The molecule has 0 unspecified atom stereocenters. The molecule has 1 N–H and O–H groups in total. The number of fused-ring (bicyclic) bond motifs is 3. The predicted molar refractivity (Wildman–Crippen MR) is 119 cm³/mol. The number of benzene rings is 2. The van der Waals surface area contributed by atoms with E-state index in [0.717, 1.165) is 37.9 Å².